The predicted molar refractivity (Wildman–Crippen MR) is 75.7 cm³/mol. The third-order valence-corrected chi connectivity index (χ3v) is 2.52. The summed E-state index contributed by atoms with van der Waals surface area (Å²) >= 11 is 5.65. The summed E-state index contributed by atoms with van der Waals surface area (Å²) in [5, 5.41) is 20.0. The van der Waals surface area contributed by atoms with Crippen molar-refractivity contribution >= 4 is 23.4 Å². The Morgan fingerprint density at radius 2 is 2.10 bits per heavy atom. The van der Waals surface area contributed by atoms with Crippen LogP contribution < -0.4 is 11.1 Å². The number of nitrogens with one attached hydrogen (secondary N) is 1. The molecule has 1 aromatic heterocycles. The Morgan fingerprint density at radius 3 is 2.70 bits per heavy atom. The average Bonchev–Trinajstić information content (AvgIpc) is 2.33. The lowest BCUT2D eigenvalue weighted by Gasteiger charge is -2.26. The Hall–Kier alpha value is -1.22. The first-order chi connectivity index (χ1) is 9.34. The van der Waals surface area contributed by atoms with Gasteiger partial charge in [0.05, 0.1) is 25.4 Å². The highest BCUT2D eigenvalue weighted by Gasteiger charge is 2.20. The predicted octanol–water partition coefficient (Wildman–Crippen LogP) is 0.322. The van der Waals surface area contributed by atoms with Crippen molar-refractivity contribution in [3.8, 4) is 0 Å². The maximum Gasteiger partial charge on any atom is 0.245 e. The molecule has 0 saturated carbocycles. The van der Waals surface area contributed by atoms with Gasteiger partial charge in [0, 0.05) is 7.11 Å². The molecule has 0 radical (unpaired) electrons. The number of nitrogens with zero attached hydrogens (tertiary/aromatic N) is 3. The van der Waals surface area contributed by atoms with Gasteiger partial charge in [-0.15, -0.1) is 10.2 Å². The van der Waals surface area contributed by atoms with E-state index < -0.39 is 11.6 Å². The normalized spacial score (nSPS) is 13.2. The molecule has 9 heteroatoms. The summed E-state index contributed by atoms with van der Waals surface area (Å²) in [6.45, 7) is 4.53. The molecule has 0 aromatic carbocycles. The van der Waals surface area contributed by atoms with Crippen LogP contribution in [0.4, 0.5) is 11.8 Å². The quantitative estimate of drug-likeness (QED) is 0.629. The van der Waals surface area contributed by atoms with Crippen LogP contribution in [0.1, 0.15) is 13.8 Å². The number of aromatic nitrogens is 3. The number of halogens is 1. The highest BCUT2D eigenvalue weighted by atomic mass is 35.5. The fourth-order valence-electron chi connectivity index (χ4n) is 1.41. The fraction of sp³-hybridized carbons (Fsp3) is 0.727. The monoisotopic (exact) mass is 305 g/mol. The molecule has 0 unspecified atom stereocenters. The molecule has 0 bridgehead atoms. The van der Waals surface area contributed by atoms with E-state index in [1.165, 1.54) is 7.11 Å². The molecule has 1 rings (SSSR count). The second kappa shape index (κ2) is 7.53. The van der Waals surface area contributed by atoms with Crippen LogP contribution in [-0.2, 0) is 9.47 Å². The van der Waals surface area contributed by atoms with E-state index >= 15 is 0 Å². The van der Waals surface area contributed by atoms with Gasteiger partial charge in [0.15, 0.2) is 11.0 Å². The van der Waals surface area contributed by atoms with Crippen LogP contribution >= 0.6 is 11.6 Å². The van der Waals surface area contributed by atoms with Gasteiger partial charge >= 0.3 is 0 Å². The molecule has 0 aliphatic rings. The summed E-state index contributed by atoms with van der Waals surface area (Å²) in [6.07, 6.45) is -0.653. The lowest BCUT2D eigenvalue weighted by molar-refractivity contribution is -0.0138. The largest absolute Gasteiger partial charge is 0.388 e. The first-order valence-corrected chi connectivity index (χ1v) is 6.40. The summed E-state index contributed by atoms with van der Waals surface area (Å²) < 4.78 is 10.2. The number of anilines is 2. The van der Waals surface area contributed by atoms with Gasteiger partial charge in [0.1, 0.15) is 6.10 Å². The van der Waals surface area contributed by atoms with Crippen LogP contribution in [0, 0.1) is 0 Å². The molecule has 20 heavy (non-hydrogen) atoms. The van der Waals surface area contributed by atoms with Crippen molar-refractivity contribution in [1.82, 2.24) is 15.2 Å². The van der Waals surface area contributed by atoms with Gasteiger partial charge in [0.2, 0.25) is 5.95 Å². The summed E-state index contributed by atoms with van der Waals surface area (Å²) in [7, 11) is 1.52. The molecule has 1 heterocycles. The lowest BCUT2D eigenvalue weighted by atomic mass is 10.1. The second-order valence-electron chi connectivity index (χ2n) is 4.94. The molecule has 4 N–H and O–H groups in total. The van der Waals surface area contributed by atoms with E-state index in [0.717, 1.165) is 0 Å². The molecule has 0 amide bonds. The lowest BCUT2D eigenvalue weighted by Crippen LogP contribution is -2.38. The SMILES string of the molecule is COC[C@@H](O)COCC(C)(C)Nc1nnc(Cl)c(N)n1. The Balaban J connectivity index is 2.46. The van der Waals surface area contributed by atoms with Crippen molar-refractivity contribution in [2.75, 3.05) is 38.0 Å². The van der Waals surface area contributed by atoms with Gasteiger partial charge in [-0.2, -0.15) is 4.98 Å². The van der Waals surface area contributed by atoms with Crippen LogP contribution in [0.2, 0.25) is 5.15 Å². The third-order valence-electron chi connectivity index (χ3n) is 2.25. The zero-order valence-electron chi connectivity index (χ0n) is 11.8. The van der Waals surface area contributed by atoms with Crippen LogP contribution in [-0.4, -0.2) is 58.9 Å². The summed E-state index contributed by atoms with van der Waals surface area (Å²) in [6, 6.07) is 0. The van der Waals surface area contributed by atoms with Gasteiger partial charge in [-0.3, -0.25) is 0 Å². The maximum atomic E-state index is 9.47. The van der Waals surface area contributed by atoms with Gasteiger partial charge in [-0.05, 0) is 13.8 Å². The standard InChI is InChI=1S/C11H20ClN5O3/c1-11(2,6-20-5-7(18)4-19-3)15-10-14-9(13)8(12)16-17-10/h7,18H,4-6H2,1-3H3,(H3,13,14,15,17)/t7-/m1/s1. The van der Waals surface area contributed by atoms with Crippen LogP contribution in [0.3, 0.4) is 0 Å². The molecule has 0 fully saturated rings. The van der Waals surface area contributed by atoms with Crippen molar-refractivity contribution < 1.29 is 14.6 Å². The van der Waals surface area contributed by atoms with Crippen LogP contribution in [0.15, 0.2) is 0 Å². The number of nitrogens with two attached hydrogens (primary N) is 1. The molecular weight excluding hydrogens is 286 g/mol. The van der Waals surface area contributed by atoms with E-state index in [1.54, 1.807) is 0 Å². The Morgan fingerprint density at radius 1 is 1.40 bits per heavy atom. The zero-order chi connectivity index (χ0) is 15.2. The smallest absolute Gasteiger partial charge is 0.245 e. The summed E-state index contributed by atoms with van der Waals surface area (Å²) in [5.74, 6) is 0.370. The molecule has 0 saturated heterocycles. The van der Waals surface area contributed by atoms with Gasteiger partial charge in [-0.25, -0.2) is 0 Å². The first kappa shape index (κ1) is 16.8. The highest BCUT2D eigenvalue weighted by molar-refractivity contribution is 6.31. The average molecular weight is 306 g/mol. The van der Waals surface area contributed by atoms with Crippen LogP contribution in [0.25, 0.3) is 0 Å². The minimum absolute atomic E-state index is 0.0623. The topological polar surface area (TPSA) is 115 Å². The summed E-state index contributed by atoms with van der Waals surface area (Å²) in [4.78, 5) is 3.97. The Bertz CT molecular complexity index is 433. The van der Waals surface area contributed by atoms with Crippen molar-refractivity contribution in [1.29, 1.82) is 0 Å². The number of hydrogen-bond donors (Lipinski definition) is 3. The van der Waals surface area contributed by atoms with E-state index in [1.807, 2.05) is 13.8 Å². The summed E-state index contributed by atoms with van der Waals surface area (Å²) in [5.41, 5.74) is 5.09. The molecule has 1 atom stereocenters. The number of nitrogen functional groups attached to an aromatic ring is 1. The van der Waals surface area contributed by atoms with E-state index in [2.05, 4.69) is 20.5 Å². The number of hydrogen-bond acceptors (Lipinski definition) is 8. The highest BCUT2D eigenvalue weighted by Crippen LogP contribution is 2.15. The van der Waals surface area contributed by atoms with Crippen molar-refractivity contribution in [3.05, 3.63) is 5.15 Å². The van der Waals surface area contributed by atoms with E-state index in [0.29, 0.717) is 6.61 Å². The molecule has 0 aliphatic heterocycles. The molecule has 1 aromatic rings. The number of aliphatic hydroxyl groups is 1. The minimum Gasteiger partial charge on any atom is -0.388 e. The Kier molecular flexibility index (Phi) is 6.34. The van der Waals surface area contributed by atoms with Crippen molar-refractivity contribution in [2.24, 2.45) is 0 Å². The zero-order valence-corrected chi connectivity index (χ0v) is 12.5. The van der Waals surface area contributed by atoms with E-state index in [9.17, 15) is 5.11 Å². The number of rotatable bonds is 8. The van der Waals surface area contributed by atoms with Gasteiger partial charge in [-0.1, -0.05) is 11.6 Å². The molecular formula is C11H20ClN5O3. The molecule has 8 nitrogen and oxygen atoms in total. The minimum atomic E-state index is -0.653. The molecule has 0 spiro atoms. The van der Waals surface area contributed by atoms with Crippen LogP contribution in [0.5, 0.6) is 0 Å². The van der Waals surface area contributed by atoms with Gasteiger partial charge in [0.25, 0.3) is 0 Å². The maximum absolute atomic E-state index is 9.47. The number of ether oxygens (including phenoxy) is 2. The van der Waals surface area contributed by atoms with Crippen molar-refractivity contribution in [3.63, 3.8) is 0 Å². The number of methoxy groups -OCH3 is 1. The molecule has 114 valence electrons. The van der Waals surface area contributed by atoms with Gasteiger partial charge < -0.3 is 25.6 Å². The number of aliphatic hydroxyl groups excluding tert-OH is 1. The van der Waals surface area contributed by atoms with E-state index in [-0.39, 0.29) is 30.1 Å². The fourth-order valence-corrected chi connectivity index (χ4v) is 1.49. The first-order valence-electron chi connectivity index (χ1n) is 6.02. The third kappa shape index (κ3) is 5.83. The van der Waals surface area contributed by atoms with Crippen molar-refractivity contribution in [2.45, 2.75) is 25.5 Å². The second-order valence-corrected chi connectivity index (χ2v) is 5.30. The molecule has 0 aliphatic carbocycles. The Labute approximate surface area is 122 Å². The van der Waals surface area contributed by atoms with E-state index in [4.69, 9.17) is 26.8 Å².